The number of nitrogens with zero attached hydrogens (tertiary/aromatic N) is 1. The van der Waals surface area contributed by atoms with Gasteiger partial charge in [0.2, 0.25) is 11.2 Å². The van der Waals surface area contributed by atoms with E-state index in [1.165, 1.54) is 6.42 Å². The van der Waals surface area contributed by atoms with Crippen molar-refractivity contribution in [3.63, 3.8) is 0 Å². The fraction of sp³-hybridized carbons (Fsp3) is 0.464. The standard InChI is InChI=1S/C28H35NO7/c1-28(2,33)12-11-20-21(30)17-22(31)23-24(32)27(35-16-15-29-13-5-4-6-14-29)25(36-26(20)23)18-7-9-19(34-3)10-8-18/h7-10,17,30-31,33H,4-6,11-16H2,1-3H3. The molecule has 8 heteroatoms. The van der Waals surface area contributed by atoms with Gasteiger partial charge in [0.1, 0.15) is 34.8 Å². The second kappa shape index (κ2) is 10.8. The van der Waals surface area contributed by atoms with Gasteiger partial charge in [0.05, 0.1) is 12.7 Å². The maximum absolute atomic E-state index is 13.7. The summed E-state index contributed by atoms with van der Waals surface area (Å²) in [6, 6.07) is 8.18. The maximum Gasteiger partial charge on any atom is 0.239 e. The average Bonchev–Trinajstić information content (AvgIpc) is 2.84. The molecule has 1 saturated heterocycles. The summed E-state index contributed by atoms with van der Waals surface area (Å²) in [6.07, 6.45) is 4.09. The van der Waals surface area contributed by atoms with Crippen molar-refractivity contribution in [2.24, 2.45) is 0 Å². The van der Waals surface area contributed by atoms with Crippen LogP contribution in [0, 0.1) is 0 Å². The highest BCUT2D eigenvalue weighted by Crippen LogP contribution is 2.40. The number of hydrogen-bond acceptors (Lipinski definition) is 8. The molecule has 1 aromatic heterocycles. The van der Waals surface area contributed by atoms with Gasteiger partial charge in [-0.1, -0.05) is 6.42 Å². The minimum absolute atomic E-state index is 0.0131. The molecule has 0 spiro atoms. The molecule has 8 nitrogen and oxygen atoms in total. The summed E-state index contributed by atoms with van der Waals surface area (Å²) >= 11 is 0. The van der Waals surface area contributed by atoms with Crippen LogP contribution in [-0.4, -0.2) is 59.2 Å². The van der Waals surface area contributed by atoms with Crippen molar-refractivity contribution in [1.29, 1.82) is 0 Å². The second-order valence-electron chi connectivity index (χ2n) is 9.98. The number of aryl methyl sites for hydroxylation is 1. The molecule has 1 aliphatic heterocycles. The summed E-state index contributed by atoms with van der Waals surface area (Å²) in [5, 5.41) is 31.4. The van der Waals surface area contributed by atoms with Gasteiger partial charge < -0.3 is 29.2 Å². The first-order chi connectivity index (χ1) is 17.2. The topological polar surface area (TPSA) is 113 Å². The molecule has 4 rings (SSSR count). The lowest BCUT2D eigenvalue weighted by molar-refractivity contribution is 0.0713. The van der Waals surface area contributed by atoms with E-state index in [4.69, 9.17) is 13.9 Å². The first-order valence-electron chi connectivity index (χ1n) is 12.4. The van der Waals surface area contributed by atoms with Crippen molar-refractivity contribution >= 4 is 11.0 Å². The van der Waals surface area contributed by atoms with Crippen LogP contribution in [0.1, 0.15) is 45.1 Å². The number of aromatic hydroxyl groups is 2. The van der Waals surface area contributed by atoms with E-state index in [1.54, 1.807) is 45.2 Å². The lowest BCUT2D eigenvalue weighted by Gasteiger charge is -2.26. The van der Waals surface area contributed by atoms with Gasteiger partial charge in [0, 0.05) is 23.7 Å². The Hall–Kier alpha value is -3.23. The molecule has 0 saturated carbocycles. The number of aliphatic hydroxyl groups is 1. The molecule has 2 aromatic carbocycles. The molecule has 0 unspecified atom stereocenters. The highest BCUT2D eigenvalue weighted by molar-refractivity contribution is 5.91. The Morgan fingerprint density at radius 1 is 1.06 bits per heavy atom. The van der Waals surface area contributed by atoms with E-state index < -0.39 is 11.0 Å². The lowest BCUT2D eigenvalue weighted by atomic mass is 9.96. The van der Waals surface area contributed by atoms with Crippen molar-refractivity contribution in [2.75, 3.05) is 33.4 Å². The molecule has 2 heterocycles. The lowest BCUT2D eigenvalue weighted by Crippen LogP contribution is -2.33. The molecule has 0 amide bonds. The molecule has 194 valence electrons. The Bertz CT molecular complexity index is 1250. The third kappa shape index (κ3) is 5.77. The first-order valence-corrected chi connectivity index (χ1v) is 12.4. The summed E-state index contributed by atoms with van der Waals surface area (Å²) in [6.45, 7) is 6.32. The summed E-state index contributed by atoms with van der Waals surface area (Å²) in [7, 11) is 1.57. The van der Waals surface area contributed by atoms with Gasteiger partial charge >= 0.3 is 0 Å². The van der Waals surface area contributed by atoms with Gasteiger partial charge in [0.15, 0.2) is 5.76 Å². The maximum atomic E-state index is 13.7. The molecular formula is C28H35NO7. The molecule has 3 aromatic rings. The zero-order valence-electron chi connectivity index (χ0n) is 21.2. The predicted octanol–water partition coefficient (Wildman–Crippen LogP) is 4.45. The van der Waals surface area contributed by atoms with Crippen molar-refractivity contribution in [3.8, 4) is 34.3 Å². The normalized spacial score (nSPS) is 14.8. The average molecular weight is 498 g/mol. The Morgan fingerprint density at radius 3 is 2.39 bits per heavy atom. The molecular weight excluding hydrogens is 462 g/mol. The Labute approximate surface area is 210 Å². The van der Waals surface area contributed by atoms with Crippen LogP contribution in [-0.2, 0) is 6.42 Å². The number of phenolic OH excluding ortho intramolecular Hbond substituents is 2. The smallest absolute Gasteiger partial charge is 0.239 e. The Kier molecular flexibility index (Phi) is 7.76. The van der Waals surface area contributed by atoms with Crippen molar-refractivity contribution < 1.29 is 29.2 Å². The summed E-state index contributed by atoms with van der Waals surface area (Å²) in [4.78, 5) is 16.0. The van der Waals surface area contributed by atoms with E-state index in [-0.39, 0.29) is 40.4 Å². The van der Waals surface area contributed by atoms with Gasteiger partial charge in [-0.25, -0.2) is 0 Å². The Balaban J connectivity index is 1.81. The van der Waals surface area contributed by atoms with Gasteiger partial charge in [-0.3, -0.25) is 9.69 Å². The van der Waals surface area contributed by atoms with Crippen LogP contribution in [0.3, 0.4) is 0 Å². The third-order valence-electron chi connectivity index (χ3n) is 6.63. The number of fused-ring (bicyclic) bond motifs is 1. The molecule has 36 heavy (non-hydrogen) atoms. The van der Waals surface area contributed by atoms with E-state index in [1.807, 2.05) is 0 Å². The zero-order chi connectivity index (χ0) is 25.9. The summed E-state index contributed by atoms with van der Waals surface area (Å²) < 4.78 is 17.5. The molecule has 0 radical (unpaired) electrons. The number of benzene rings is 2. The highest BCUT2D eigenvalue weighted by atomic mass is 16.5. The van der Waals surface area contributed by atoms with E-state index in [0.717, 1.165) is 32.0 Å². The quantitative estimate of drug-likeness (QED) is 0.398. The fourth-order valence-corrected chi connectivity index (χ4v) is 4.57. The summed E-state index contributed by atoms with van der Waals surface area (Å²) in [5.74, 6) is 0.287. The molecule has 0 bridgehead atoms. The van der Waals surface area contributed by atoms with Crippen LogP contribution >= 0.6 is 0 Å². The molecule has 1 aliphatic rings. The van der Waals surface area contributed by atoms with Gasteiger partial charge in [-0.15, -0.1) is 0 Å². The molecule has 1 fully saturated rings. The van der Waals surface area contributed by atoms with Gasteiger partial charge in [-0.05, 0) is 76.9 Å². The van der Waals surface area contributed by atoms with Crippen LogP contribution < -0.4 is 14.9 Å². The number of ether oxygens (including phenoxy) is 2. The molecule has 3 N–H and O–H groups in total. The second-order valence-corrected chi connectivity index (χ2v) is 9.98. The van der Waals surface area contributed by atoms with Crippen molar-refractivity contribution in [3.05, 3.63) is 46.1 Å². The number of hydrogen-bond donors (Lipinski definition) is 3. The van der Waals surface area contributed by atoms with E-state index >= 15 is 0 Å². The largest absolute Gasteiger partial charge is 0.507 e. The highest BCUT2D eigenvalue weighted by Gasteiger charge is 2.25. The van der Waals surface area contributed by atoms with Crippen molar-refractivity contribution in [1.82, 2.24) is 4.90 Å². The third-order valence-corrected chi connectivity index (χ3v) is 6.63. The fourth-order valence-electron chi connectivity index (χ4n) is 4.57. The summed E-state index contributed by atoms with van der Waals surface area (Å²) in [5.41, 5.74) is -0.484. The van der Waals surface area contributed by atoms with E-state index in [2.05, 4.69) is 4.90 Å². The predicted molar refractivity (Wildman–Crippen MR) is 138 cm³/mol. The van der Waals surface area contributed by atoms with E-state index in [9.17, 15) is 20.1 Å². The van der Waals surface area contributed by atoms with Crippen LogP contribution in [0.2, 0.25) is 0 Å². The van der Waals surface area contributed by atoms with Crippen LogP contribution in [0.4, 0.5) is 0 Å². The minimum atomic E-state index is -0.993. The first kappa shape index (κ1) is 25.9. The minimum Gasteiger partial charge on any atom is -0.507 e. The van der Waals surface area contributed by atoms with Crippen LogP contribution in [0.5, 0.6) is 23.0 Å². The van der Waals surface area contributed by atoms with E-state index in [0.29, 0.717) is 36.4 Å². The zero-order valence-corrected chi connectivity index (χ0v) is 21.2. The number of phenols is 2. The SMILES string of the molecule is COc1ccc(-c2oc3c(CCC(C)(C)O)c(O)cc(O)c3c(=O)c2OCCN2CCCCC2)cc1. The number of likely N-dealkylation sites (tertiary alicyclic amines) is 1. The van der Waals surface area contributed by atoms with Gasteiger partial charge in [-0.2, -0.15) is 0 Å². The van der Waals surface area contributed by atoms with Gasteiger partial charge in [0.25, 0.3) is 0 Å². The number of methoxy groups -OCH3 is 1. The van der Waals surface area contributed by atoms with Crippen molar-refractivity contribution in [2.45, 2.75) is 51.6 Å². The molecule has 0 aliphatic carbocycles. The monoisotopic (exact) mass is 497 g/mol. The number of rotatable bonds is 9. The van der Waals surface area contributed by atoms with Crippen LogP contribution in [0.25, 0.3) is 22.3 Å². The molecule has 0 atom stereocenters. The Morgan fingerprint density at radius 2 is 1.75 bits per heavy atom. The number of piperidine rings is 1. The van der Waals surface area contributed by atoms with Crippen LogP contribution in [0.15, 0.2) is 39.5 Å².